The van der Waals surface area contributed by atoms with E-state index in [1.54, 1.807) is 10.9 Å². The van der Waals surface area contributed by atoms with Gasteiger partial charge in [0.25, 0.3) is 0 Å². The molecule has 0 spiro atoms. The minimum absolute atomic E-state index is 0.638. The van der Waals surface area contributed by atoms with Crippen molar-refractivity contribution in [2.24, 2.45) is 7.05 Å². The van der Waals surface area contributed by atoms with Gasteiger partial charge in [0.2, 0.25) is 0 Å². The standard InChI is InChI=1S/C12H13N5/c1-9-3-4-10(6-13)5-12(9)14-7-11-8-15-16-17(11)2/h3-5,8,14H,7H2,1-2H3. The van der Waals surface area contributed by atoms with E-state index in [0.29, 0.717) is 12.1 Å². The van der Waals surface area contributed by atoms with Crippen LogP contribution in [0.4, 0.5) is 5.69 Å². The molecule has 0 aliphatic heterocycles. The molecule has 0 bridgehead atoms. The third-order valence-corrected chi connectivity index (χ3v) is 2.63. The largest absolute Gasteiger partial charge is 0.379 e. The number of nitrogens with zero attached hydrogens (tertiary/aromatic N) is 4. The van der Waals surface area contributed by atoms with Crippen LogP contribution in [0.3, 0.4) is 0 Å². The van der Waals surface area contributed by atoms with Crippen LogP contribution in [0.5, 0.6) is 0 Å². The van der Waals surface area contributed by atoms with Gasteiger partial charge in [0.1, 0.15) is 0 Å². The number of nitrogens with one attached hydrogen (secondary N) is 1. The molecular weight excluding hydrogens is 214 g/mol. The lowest BCUT2D eigenvalue weighted by molar-refractivity contribution is 0.683. The monoisotopic (exact) mass is 227 g/mol. The number of nitriles is 1. The highest BCUT2D eigenvalue weighted by Crippen LogP contribution is 2.17. The Hall–Kier alpha value is -2.35. The maximum absolute atomic E-state index is 8.85. The molecule has 0 unspecified atom stereocenters. The maximum atomic E-state index is 8.85. The summed E-state index contributed by atoms with van der Waals surface area (Å²) in [6, 6.07) is 7.72. The number of benzene rings is 1. The molecule has 0 atom stereocenters. The summed E-state index contributed by atoms with van der Waals surface area (Å²) < 4.78 is 1.72. The van der Waals surface area contributed by atoms with Gasteiger partial charge < -0.3 is 5.32 Å². The first kappa shape index (κ1) is 11.1. The zero-order chi connectivity index (χ0) is 12.3. The molecule has 5 heteroatoms. The van der Waals surface area contributed by atoms with Gasteiger partial charge >= 0.3 is 0 Å². The number of aromatic nitrogens is 3. The average Bonchev–Trinajstić information content (AvgIpc) is 2.74. The molecule has 0 saturated heterocycles. The van der Waals surface area contributed by atoms with E-state index in [4.69, 9.17) is 5.26 Å². The lowest BCUT2D eigenvalue weighted by atomic mass is 10.1. The fraction of sp³-hybridized carbons (Fsp3) is 0.250. The summed E-state index contributed by atoms with van der Waals surface area (Å²) in [7, 11) is 1.85. The lowest BCUT2D eigenvalue weighted by Crippen LogP contribution is -2.06. The average molecular weight is 227 g/mol. The Labute approximate surface area is 99.7 Å². The minimum Gasteiger partial charge on any atom is -0.379 e. The molecule has 1 aromatic carbocycles. The first-order valence-corrected chi connectivity index (χ1v) is 5.29. The molecule has 0 aliphatic rings. The SMILES string of the molecule is Cc1ccc(C#N)cc1NCc1cnnn1C. The molecule has 2 rings (SSSR count). The number of hydrogen-bond donors (Lipinski definition) is 1. The van der Waals surface area contributed by atoms with Crippen LogP contribution in [0.2, 0.25) is 0 Å². The van der Waals surface area contributed by atoms with Crippen molar-refractivity contribution < 1.29 is 0 Å². The molecular formula is C12H13N5. The first-order valence-electron chi connectivity index (χ1n) is 5.29. The second-order valence-electron chi connectivity index (χ2n) is 3.84. The van der Waals surface area contributed by atoms with Crippen LogP contribution in [0, 0.1) is 18.3 Å². The van der Waals surface area contributed by atoms with Crippen molar-refractivity contribution in [2.75, 3.05) is 5.32 Å². The second kappa shape index (κ2) is 4.66. The maximum Gasteiger partial charge on any atom is 0.0992 e. The van der Waals surface area contributed by atoms with Gasteiger partial charge in [-0.2, -0.15) is 5.26 Å². The van der Waals surface area contributed by atoms with Gasteiger partial charge in [-0.25, -0.2) is 0 Å². The summed E-state index contributed by atoms with van der Waals surface area (Å²) in [6.45, 7) is 2.64. The summed E-state index contributed by atoms with van der Waals surface area (Å²) >= 11 is 0. The summed E-state index contributed by atoms with van der Waals surface area (Å²) in [5.41, 5.74) is 3.72. The summed E-state index contributed by atoms with van der Waals surface area (Å²) in [4.78, 5) is 0. The highest BCUT2D eigenvalue weighted by atomic mass is 15.4. The van der Waals surface area contributed by atoms with Crippen molar-refractivity contribution in [1.82, 2.24) is 15.0 Å². The third kappa shape index (κ3) is 2.42. The number of hydrogen-bond acceptors (Lipinski definition) is 4. The Balaban J connectivity index is 2.14. The summed E-state index contributed by atoms with van der Waals surface area (Å²) in [6.07, 6.45) is 1.72. The Morgan fingerprint density at radius 2 is 2.29 bits per heavy atom. The quantitative estimate of drug-likeness (QED) is 0.865. The molecule has 0 amide bonds. The Bertz CT molecular complexity index is 565. The number of aryl methyl sites for hydroxylation is 2. The molecule has 1 aromatic heterocycles. The highest BCUT2D eigenvalue weighted by Gasteiger charge is 2.02. The van der Waals surface area contributed by atoms with Gasteiger partial charge in [0.05, 0.1) is 30.1 Å². The van der Waals surface area contributed by atoms with Crippen LogP contribution in [-0.2, 0) is 13.6 Å². The van der Waals surface area contributed by atoms with Crippen molar-refractivity contribution in [3.63, 3.8) is 0 Å². The van der Waals surface area contributed by atoms with E-state index in [1.165, 1.54) is 0 Å². The predicted molar refractivity (Wildman–Crippen MR) is 64.2 cm³/mol. The van der Waals surface area contributed by atoms with Gasteiger partial charge in [-0.15, -0.1) is 5.10 Å². The van der Waals surface area contributed by atoms with Gasteiger partial charge in [-0.1, -0.05) is 11.3 Å². The molecule has 0 fully saturated rings. The van der Waals surface area contributed by atoms with Crippen LogP contribution in [0.15, 0.2) is 24.4 Å². The summed E-state index contributed by atoms with van der Waals surface area (Å²) in [5.74, 6) is 0. The van der Waals surface area contributed by atoms with E-state index in [9.17, 15) is 0 Å². The van der Waals surface area contributed by atoms with E-state index in [0.717, 1.165) is 16.9 Å². The Kier molecular flexibility index (Phi) is 3.06. The topological polar surface area (TPSA) is 66.5 Å². The normalized spacial score (nSPS) is 9.94. The molecule has 2 aromatic rings. The van der Waals surface area contributed by atoms with Crippen LogP contribution in [-0.4, -0.2) is 15.0 Å². The van der Waals surface area contributed by atoms with Gasteiger partial charge in [0.15, 0.2) is 0 Å². The second-order valence-corrected chi connectivity index (χ2v) is 3.84. The molecule has 86 valence electrons. The smallest absolute Gasteiger partial charge is 0.0992 e. The van der Waals surface area contributed by atoms with E-state index in [2.05, 4.69) is 21.7 Å². The fourth-order valence-electron chi connectivity index (χ4n) is 1.54. The van der Waals surface area contributed by atoms with Crippen molar-refractivity contribution in [3.8, 4) is 6.07 Å². The van der Waals surface area contributed by atoms with E-state index in [-0.39, 0.29) is 0 Å². The zero-order valence-corrected chi connectivity index (χ0v) is 9.81. The molecule has 0 radical (unpaired) electrons. The highest BCUT2D eigenvalue weighted by molar-refractivity contribution is 5.55. The molecule has 1 N–H and O–H groups in total. The minimum atomic E-state index is 0.638. The Morgan fingerprint density at radius 3 is 2.94 bits per heavy atom. The van der Waals surface area contributed by atoms with Crippen molar-refractivity contribution in [2.45, 2.75) is 13.5 Å². The van der Waals surface area contributed by atoms with Crippen LogP contribution in [0.25, 0.3) is 0 Å². The summed E-state index contributed by atoms with van der Waals surface area (Å²) in [5, 5.41) is 19.8. The van der Waals surface area contributed by atoms with Gasteiger partial charge in [-0.05, 0) is 24.6 Å². The molecule has 1 heterocycles. The molecule has 0 saturated carbocycles. The number of rotatable bonds is 3. The molecule has 0 aliphatic carbocycles. The van der Waals surface area contributed by atoms with Crippen LogP contribution >= 0.6 is 0 Å². The number of anilines is 1. The lowest BCUT2D eigenvalue weighted by Gasteiger charge is -2.09. The fourth-order valence-corrected chi connectivity index (χ4v) is 1.54. The van der Waals surface area contributed by atoms with Crippen molar-refractivity contribution in [3.05, 3.63) is 41.2 Å². The van der Waals surface area contributed by atoms with Crippen molar-refractivity contribution in [1.29, 1.82) is 5.26 Å². The van der Waals surface area contributed by atoms with Gasteiger partial charge in [-0.3, -0.25) is 4.68 Å². The van der Waals surface area contributed by atoms with Crippen molar-refractivity contribution >= 4 is 5.69 Å². The van der Waals surface area contributed by atoms with Crippen LogP contribution < -0.4 is 5.32 Å². The molecule has 5 nitrogen and oxygen atoms in total. The van der Waals surface area contributed by atoms with E-state index >= 15 is 0 Å². The molecule has 17 heavy (non-hydrogen) atoms. The Morgan fingerprint density at radius 1 is 1.47 bits per heavy atom. The van der Waals surface area contributed by atoms with E-state index < -0.39 is 0 Å². The van der Waals surface area contributed by atoms with Crippen LogP contribution in [0.1, 0.15) is 16.8 Å². The van der Waals surface area contributed by atoms with Gasteiger partial charge in [0, 0.05) is 12.7 Å². The predicted octanol–water partition coefficient (Wildman–Crippen LogP) is 1.61. The third-order valence-electron chi connectivity index (χ3n) is 2.63. The van der Waals surface area contributed by atoms with E-state index in [1.807, 2.05) is 32.2 Å². The first-order chi connectivity index (χ1) is 8.20. The zero-order valence-electron chi connectivity index (χ0n) is 9.81.